The van der Waals surface area contributed by atoms with Crippen LogP contribution in [0.2, 0.25) is 10.0 Å². The quantitative estimate of drug-likeness (QED) is 0.555. The van der Waals surface area contributed by atoms with Crippen LogP contribution in [-0.4, -0.2) is 17.9 Å². The first-order valence-corrected chi connectivity index (χ1v) is 8.28. The minimum absolute atomic E-state index is 0.0292. The Kier molecular flexibility index (Phi) is 6.03. The van der Waals surface area contributed by atoms with Gasteiger partial charge in [-0.1, -0.05) is 41.4 Å². The number of benzene rings is 2. The van der Waals surface area contributed by atoms with Gasteiger partial charge in [0.05, 0.1) is 16.5 Å². The molecule has 0 spiro atoms. The van der Waals surface area contributed by atoms with E-state index in [4.69, 9.17) is 27.9 Å². The maximum Gasteiger partial charge on any atom is 0.310 e. The average molecular weight is 365 g/mol. The van der Waals surface area contributed by atoms with Gasteiger partial charge in [0.2, 0.25) is 5.78 Å². The molecular formula is C19H18Cl2O3. The van der Waals surface area contributed by atoms with Crippen molar-refractivity contribution in [2.75, 3.05) is 0 Å². The fourth-order valence-electron chi connectivity index (χ4n) is 2.24. The maximum absolute atomic E-state index is 12.4. The van der Waals surface area contributed by atoms with Crippen molar-refractivity contribution >= 4 is 35.0 Å². The van der Waals surface area contributed by atoms with Crippen LogP contribution in [0.5, 0.6) is 0 Å². The predicted molar refractivity (Wildman–Crippen MR) is 96.0 cm³/mol. The second-order valence-corrected chi connectivity index (χ2v) is 6.54. The average Bonchev–Trinajstić information content (AvgIpc) is 2.52. The number of Topliss-reactive ketones (excluding diaryl/α,β-unsaturated/α-hetero) is 1. The van der Waals surface area contributed by atoms with Gasteiger partial charge in [-0.15, -0.1) is 0 Å². The zero-order chi connectivity index (χ0) is 17.9. The first kappa shape index (κ1) is 18.5. The monoisotopic (exact) mass is 364 g/mol. The van der Waals surface area contributed by atoms with Gasteiger partial charge in [-0.05, 0) is 55.7 Å². The molecule has 0 aliphatic carbocycles. The predicted octanol–water partition coefficient (Wildman–Crippen LogP) is 4.97. The Bertz CT molecular complexity index is 784. The highest BCUT2D eigenvalue weighted by molar-refractivity contribution is 6.42. The number of esters is 1. The van der Waals surface area contributed by atoms with Gasteiger partial charge in [-0.3, -0.25) is 9.59 Å². The molecule has 2 aromatic carbocycles. The molecule has 126 valence electrons. The minimum atomic E-state index is -0.845. The summed E-state index contributed by atoms with van der Waals surface area (Å²) in [7, 11) is 0. The second-order valence-electron chi connectivity index (χ2n) is 5.72. The van der Waals surface area contributed by atoms with E-state index in [1.54, 1.807) is 37.3 Å². The van der Waals surface area contributed by atoms with Gasteiger partial charge in [-0.25, -0.2) is 0 Å². The van der Waals surface area contributed by atoms with E-state index in [0.717, 1.165) is 11.1 Å². The first-order chi connectivity index (χ1) is 11.3. The SMILES string of the molecule is Cc1ccc(C(=O)[C@H](C)OC(=O)Cc2ccc(Cl)c(Cl)c2)cc1C. The van der Waals surface area contributed by atoms with Crippen LogP contribution in [0, 0.1) is 13.8 Å². The molecule has 24 heavy (non-hydrogen) atoms. The lowest BCUT2D eigenvalue weighted by atomic mass is 10.0. The molecule has 0 N–H and O–H groups in total. The van der Waals surface area contributed by atoms with Crippen LogP contribution in [0.1, 0.15) is 34.0 Å². The van der Waals surface area contributed by atoms with Crippen LogP contribution >= 0.6 is 23.2 Å². The third kappa shape index (κ3) is 4.59. The number of ketones is 1. The summed E-state index contributed by atoms with van der Waals surface area (Å²) in [5, 5.41) is 0.799. The Morgan fingerprint density at radius 3 is 2.33 bits per heavy atom. The zero-order valence-electron chi connectivity index (χ0n) is 13.7. The van der Waals surface area contributed by atoms with Crippen molar-refractivity contribution in [1.29, 1.82) is 0 Å². The summed E-state index contributed by atoms with van der Waals surface area (Å²) in [4.78, 5) is 24.4. The number of aryl methyl sites for hydroxylation is 2. The molecular weight excluding hydrogens is 347 g/mol. The van der Waals surface area contributed by atoms with Gasteiger partial charge in [0, 0.05) is 5.56 Å². The minimum Gasteiger partial charge on any atom is -0.454 e. The van der Waals surface area contributed by atoms with Crippen molar-refractivity contribution in [3.63, 3.8) is 0 Å². The fourth-order valence-corrected chi connectivity index (χ4v) is 2.56. The van der Waals surface area contributed by atoms with E-state index >= 15 is 0 Å². The second kappa shape index (κ2) is 7.82. The molecule has 1 atom stereocenters. The third-order valence-corrected chi connectivity index (χ3v) is 4.54. The Hall–Kier alpha value is -1.84. The third-order valence-electron chi connectivity index (χ3n) is 3.80. The van der Waals surface area contributed by atoms with Gasteiger partial charge >= 0.3 is 5.97 Å². The highest BCUT2D eigenvalue weighted by Gasteiger charge is 2.20. The summed E-state index contributed by atoms with van der Waals surface area (Å²) in [6.45, 7) is 5.49. The standard InChI is InChI=1S/C19H18Cl2O3/c1-11-4-6-15(8-12(11)2)19(23)13(3)24-18(22)10-14-5-7-16(20)17(21)9-14/h4-9,13H,10H2,1-3H3/t13-/m0/s1. The van der Waals surface area contributed by atoms with Crippen LogP contribution in [0.25, 0.3) is 0 Å². The van der Waals surface area contributed by atoms with Gasteiger partial charge in [0.25, 0.3) is 0 Å². The van der Waals surface area contributed by atoms with Crippen molar-refractivity contribution in [2.45, 2.75) is 33.3 Å². The van der Waals surface area contributed by atoms with E-state index in [1.807, 2.05) is 19.9 Å². The summed E-state index contributed by atoms with van der Waals surface area (Å²) >= 11 is 11.8. The van der Waals surface area contributed by atoms with E-state index in [2.05, 4.69) is 0 Å². The number of carbonyl (C=O) groups is 2. The van der Waals surface area contributed by atoms with Crippen LogP contribution in [0.3, 0.4) is 0 Å². The normalized spacial score (nSPS) is 11.9. The van der Waals surface area contributed by atoms with Gasteiger partial charge < -0.3 is 4.74 Å². The lowest BCUT2D eigenvalue weighted by Gasteiger charge is -2.13. The molecule has 0 aromatic heterocycles. The lowest BCUT2D eigenvalue weighted by Crippen LogP contribution is -2.25. The number of carbonyl (C=O) groups excluding carboxylic acids is 2. The lowest BCUT2D eigenvalue weighted by molar-refractivity contribution is -0.145. The molecule has 5 heteroatoms. The Morgan fingerprint density at radius 1 is 1.00 bits per heavy atom. The first-order valence-electron chi connectivity index (χ1n) is 7.53. The van der Waals surface area contributed by atoms with Crippen LogP contribution < -0.4 is 0 Å². The van der Waals surface area contributed by atoms with Gasteiger partial charge in [0.1, 0.15) is 0 Å². The van der Waals surface area contributed by atoms with E-state index in [0.29, 0.717) is 21.2 Å². The van der Waals surface area contributed by atoms with Crippen LogP contribution in [0.4, 0.5) is 0 Å². The molecule has 0 bridgehead atoms. The summed E-state index contributed by atoms with van der Waals surface area (Å²) in [6, 6.07) is 10.4. The van der Waals surface area contributed by atoms with Crippen molar-refractivity contribution in [3.8, 4) is 0 Å². The van der Waals surface area contributed by atoms with Crippen LogP contribution in [-0.2, 0) is 16.0 Å². The molecule has 2 rings (SSSR count). The zero-order valence-corrected chi connectivity index (χ0v) is 15.2. The molecule has 0 aliphatic rings. The highest BCUT2D eigenvalue weighted by atomic mass is 35.5. The van der Waals surface area contributed by atoms with E-state index in [-0.39, 0.29) is 12.2 Å². The van der Waals surface area contributed by atoms with Gasteiger partial charge in [0.15, 0.2) is 6.10 Å². The Morgan fingerprint density at radius 2 is 1.71 bits per heavy atom. The molecule has 0 fully saturated rings. The highest BCUT2D eigenvalue weighted by Crippen LogP contribution is 2.23. The van der Waals surface area contributed by atoms with Crippen molar-refractivity contribution < 1.29 is 14.3 Å². The molecule has 0 amide bonds. The fraction of sp³-hybridized carbons (Fsp3) is 0.263. The van der Waals surface area contributed by atoms with Crippen molar-refractivity contribution in [1.82, 2.24) is 0 Å². The van der Waals surface area contributed by atoms with E-state index in [9.17, 15) is 9.59 Å². The van der Waals surface area contributed by atoms with Crippen molar-refractivity contribution in [2.24, 2.45) is 0 Å². The topological polar surface area (TPSA) is 43.4 Å². The number of rotatable bonds is 5. The van der Waals surface area contributed by atoms with Gasteiger partial charge in [-0.2, -0.15) is 0 Å². The smallest absolute Gasteiger partial charge is 0.310 e. The number of hydrogen-bond acceptors (Lipinski definition) is 3. The van der Waals surface area contributed by atoms with E-state index in [1.165, 1.54) is 0 Å². The Labute approximate surface area is 151 Å². The van der Waals surface area contributed by atoms with E-state index < -0.39 is 12.1 Å². The van der Waals surface area contributed by atoms with Crippen molar-refractivity contribution in [3.05, 3.63) is 68.7 Å². The summed E-state index contributed by atoms with van der Waals surface area (Å²) < 4.78 is 5.25. The molecule has 3 nitrogen and oxygen atoms in total. The number of hydrogen-bond donors (Lipinski definition) is 0. The molecule has 2 aromatic rings. The molecule has 0 saturated carbocycles. The summed E-state index contributed by atoms with van der Waals surface area (Å²) in [6.07, 6.45) is -0.816. The summed E-state index contributed by atoms with van der Waals surface area (Å²) in [5.41, 5.74) is 3.35. The number of ether oxygens (including phenoxy) is 1. The molecule has 0 heterocycles. The largest absolute Gasteiger partial charge is 0.454 e. The van der Waals surface area contributed by atoms with Crippen LogP contribution in [0.15, 0.2) is 36.4 Å². The molecule has 0 unspecified atom stereocenters. The molecule has 0 saturated heterocycles. The molecule has 0 radical (unpaired) electrons. The Balaban J connectivity index is 2.01. The summed E-state index contributed by atoms with van der Waals surface area (Å²) in [5.74, 6) is -0.710. The molecule has 0 aliphatic heterocycles. The number of halogens is 2. The maximum atomic E-state index is 12.4.